The molecule has 1 aromatic carbocycles. The standard InChI is InChI=1S/C20H27N5O4S/c1-5-20(2,3)23-14(26)11-25(10-12-7-6-8-13(9-12)29-4)19(28)17-15(21)16(18(22)27)24-30-17/h6-9H,5,10-11,21H2,1-4H3,(H2,22,27)(H,23,26). The average molecular weight is 434 g/mol. The van der Waals surface area contributed by atoms with Gasteiger partial charge < -0.3 is 26.4 Å². The second-order valence-electron chi connectivity index (χ2n) is 7.44. The molecule has 0 saturated carbocycles. The molecule has 0 bridgehead atoms. The van der Waals surface area contributed by atoms with Gasteiger partial charge in [-0.25, -0.2) is 0 Å². The van der Waals surface area contributed by atoms with E-state index in [-0.39, 0.29) is 35.3 Å². The lowest BCUT2D eigenvalue weighted by molar-refractivity contribution is -0.123. The van der Waals surface area contributed by atoms with Gasteiger partial charge in [0.1, 0.15) is 17.2 Å². The molecule has 30 heavy (non-hydrogen) atoms. The van der Waals surface area contributed by atoms with E-state index in [0.717, 1.165) is 23.5 Å². The molecular weight excluding hydrogens is 406 g/mol. The third-order valence-corrected chi connectivity index (χ3v) is 5.50. The fraction of sp³-hybridized carbons (Fsp3) is 0.400. The monoisotopic (exact) mass is 433 g/mol. The zero-order valence-corrected chi connectivity index (χ0v) is 18.3. The summed E-state index contributed by atoms with van der Waals surface area (Å²) in [6, 6.07) is 7.18. The maximum atomic E-state index is 13.2. The lowest BCUT2D eigenvalue weighted by Crippen LogP contribution is -2.48. The van der Waals surface area contributed by atoms with Gasteiger partial charge in [0.25, 0.3) is 11.8 Å². The highest BCUT2D eigenvalue weighted by Gasteiger charge is 2.28. The molecular formula is C20H27N5O4S. The summed E-state index contributed by atoms with van der Waals surface area (Å²) in [7, 11) is 1.55. The molecule has 0 aliphatic heterocycles. The van der Waals surface area contributed by atoms with Crippen LogP contribution in [0.25, 0.3) is 0 Å². The lowest BCUT2D eigenvalue weighted by Gasteiger charge is -2.28. The number of ether oxygens (including phenoxy) is 1. The average Bonchev–Trinajstić information content (AvgIpc) is 3.08. The molecule has 2 aromatic rings. The third kappa shape index (κ3) is 5.69. The molecule has 0 unspecified atom stereocenters. The van der Waals surface area contributed by atoms with Gasteiger partial charge in [0.15, 0.2) is 5.69 Å². The molecule has 0 aliphatic rings. The Morgan fingerprint density at radius 1 is 1.30 bits per heavy atom. The van der Waals surface area contributed by atoms with Crippen molar-refractivity contribution in [1.29, 1.82) is 0 Å². The number of hydrogen-bond donors (Lipinski definition) is 3. The first-order valence-electron chi connectivity index (χ1n) is 9.36. The summed E-state index contributed by atoms with van der Waals surface area (Å²) < 4.78 is 9.11. The summed E-state index contributed by atoms with van der Waals surface area (Å²) in [5.41, 5.74) is 11.3. The Kier molecular flexibility index (Phi) is 7.38. The molecule has 162 valence electrons. The summed E-state index contributed by atoms with van der Waals surface area (Å²) >= 11 is 0.780. The van der Waals surface area contributed by atoms with Crippen LogP contribution in [0.1, 0.15) is 52.9 Å². The zero-order valence-electron chi connectivity index (χ0n) is 17.5. The Bertz CT molecular complexity index is 941. The largest absolute Gasteiger partial charge is 0.497 e. The number of nitrogens with two attached hydrogens (primary N) is 2. The minimum atomic E-state index is -0.815. The highest BCUT2D eigenvalue weighted by Crippen LogP contribution is 2.24. The van der Waals surface area contributed by atoms with Gasteiger partial charge in [0.05, 0.1) is 12.8 Å². The molecule has 9 nitrogen and oxygen atoms in total. The van der Waals surface area contributed by atoms with Crippen LogP contribution in [0, 0.1) is 0 Å². The quantitative estimate of drug-likeness (QED) is 0.550. The van der Waals surface area contributed by atoms with E-state index >= 15 is 0 Å². The maximum Gasteiger partial charge on any atom is 0.270 e. The van der Waals surface area contributed by atoms with Crippen LogP contribution in [0.4, 0.5) is 5.69 Å². The Morgan fingerprint density at radius 3 is 2.57 bits per heavy atom. The minimum absolute atomic E-state index is 0.0641. The van der Waals surface area contributed by atoms with E-state index in [9.17, 15) is 14.4 Å². The van der Waals surface area contributed by atoms with Gasteiger partial charge in [0.2, 0.25) is 5.91 Å². The number of primary amides is 1. The first kappa shape index (κ1) is 23.1. The molecule has 0 aliphatic carbocycles. The van der Waals surface area contributed by atoms with Crippen LogP contribution < -0.4 is 21.5 Å². The zero-order chi connectivity index (χ0) is 22.5. The number of methoxy groups -OCH3 is 1. The number of carbonyl (C=O) groups excluding carboxylic acids is 3. The first-order valence-corrected chi connectivity index (χ1v) is 10.1. The van der Waals surface area contributed by atoms with Gasteiger partial charge in [-0.05, 0) is 49.5 Å². The maximum absolute atomic E-state index is 13.2. The number of benzene rings is 1. The predicted octanol–water partition coefficient (Wildman–Crippen LogP) is 1.78. The molecule has 5 N–H and O–H groups in total. The topological polar surface area (TPSA) is 141 Å². The van der Waals surface area contributed by atoms with Crippen molar-refractivity contribution in [2.75, 3.05) is 19.4 Å². The number of amides is 3. The van der Waals surface area contributed by atoms with Crippen molar-refractivity contribution < 1.29 is 19.1 Å². The van der Waals surface area contributed by atoms with E-state index in [2.05, 4.69) is 9.69 Å². The van der Waals surface area contributed by atoms with Crippen LogP contribution in [0.3, 0.4) is 0 Å². The number of nitrogen functional groups attached to an aromatic ring is 1. The van der Waals surface area contributed by atoms with E-state index in [0.29, 0.717) is 5.75 Å². The highest BCUT2D eigenvalue weighted by atomic mass is 32.1. The molecule has 1 aromatic heterocycles. The third-order valence-electron chi connectivity index (χ3n) is 4.65. The molecule has 1 heterocycles. The molecule has 0 saturated heterocycles. The van der Waals surface area contributed by atoms with E-state index in [1.54, 1.807) is 25.3 Å². The summed E-state index contributed by atoms with van der Waals surface area (Å²) in [5.74, 6) is -1.00. The van der Waals surface area contributed by atoms with Crippen molar-refractivity contribution in [3.63, 3.8) is 0 Å². The van der Waals surface area contributed by atoms with Crippen molar-refractivity contribution in [1.82, 2.24) is 14.6 Å². The number of anilines is 1. The second-order valence-corrected chi connectivity index (χ2v) is 8.21. The van der Waals surface area contributed by atoms with Crippen molar-refractivity contribution in [3.05, 3.63) is 40.4 Å². The van der Waals surface area contributed by atoms with Crippen LogP contribution in [-0.2, 0) is 11.3 Å². The number of nitrogens with zero attached hydrogens (tertiary/aromatic N) is 2. The summed E-state index contributed by atoms with van der Waals surface area (Å²) in [6.07, 6.45) is 0.729. The lowest BCUT2D eigenvalue weighted by atomic mass is 10.0. The number of rotatable bonds is 9. The molecule has 10 heteroatoms. The van der Waals surface area contributed by atoms with Crippen molar-refractivity contribution in [3.8, 4) is 5.75 Å². The Morgan fingerprint density at radius 2 is 2.00 bits per heavy atom. The molecule has 2 rings (SSSR count). The Hall–Kier alpha value is -3.14. The second kappa shape index (κ2) is 9.57. The van der Waals surface area contributed by atoms with Crippen molar-refractivity contribution >= 4 is 34.9 Å². The van der Waals surface area contributed by atoms with Crippen LogP contribution >= 0.6 is 11.5 Å². The SMILES string of the molecule is CCC(C)(C)NC(=O)CN(Cc1cccc(OC)c1)C(=O)c1snc(C(N)=O)c1N. The highest BCUT2D eigenvalue weighted by molar-refractivity contribution is 7.09. The number of aromatic nitrogens is 1. The molecule has 0 spiro atoms. The number of hydrogen-bond acceptors (Lipinski definition) is 7. The van der Waals surface area contributed by atoms with Gasteiger partial charge in [0, 0.05) is 12.1 Å². The Labute approximate surface area is 179 Å². The van der Waals surface area contributed by atoms with Crippen LogP contribution in [0.15, 0.2) is 24.3 Å². The van der Waals surface area contributed by atoms with Gasteiger partial charge in [-0.1, -0.05) is 19.1 Å². The first-order chi connectivity index (χ1) is 14.1. The predicted molar refractivity (Wildman–Crippen MR) is 115 cm³/mol. The summed E-state index contributed by atoms with van der Waals surface area (Å²) in [6.45, 7) is 5.71. The smallest absolute Gasteiger partial charge is 0.270 e. The molecule has 0 radical (unpaired) electrons. The molecule has 0 atom stereocenters. The van der Waals surface area contributed by atoms with E-state index in [1.165, 1.54) is 4.90 Å². The fourth-order valence-corrected chi connectivity index (χ4v) is 3.42. The van der Waals surface area contributed by atoms with E-state index in [1.807, 2.05) is 26.8 Å². The minimum Gasteiger partial charge on any atom is -0.497 e. The molecule has 0 fully saturated rings. The van der Waals surface area contributed by atoms with Crippen molar-refractivity contribution in [2.45, 2.75) is 39.3 Å². The van der Waals surface area contributed by atoms with Gasteiger partial charge >= 0.3 is 0 Å². The van der Waals surface area contributed by atoms with E-state index < -0.39 is 17.4 Å². The van der Waals surface area contributed by atoms with Gasteiger partial charge in [-0.15, -0.1) is 0 Å². The van der Waals surface area contributed by atoms with E-state index in [4.69, 9.17) is 16.2 Å². The molecule has 3 amide bonds. The van der Waals surface area contributed by atoms with Gasteiger partial charge in [-0.2, -0.15) is 4.37 Å². The number of nitrogens with one attached hydrogen (secondary N) is 1. The van der Waals surface area contributed by atoms with Crippen LogP contribution in [0.2, 0.25) is 0 Å². The van der Waals surface area contributed by atoms with Crippen LogP contribution in [-0.4, -0.2) is 46.2 Å². The fourth-order valence-electron chi connectivity index (χ4n) is 2.64. The van der Waals surface area contributed by atoms with Crippen molar-refractivity contribution in [2.24, 2.45) is 5.73 Å². The van der Waals surface area contributed by atoms with Crippen LogP contribution in [0.5, 0.6) is 5.75 Å². The normalized spacial score (nSPS) is 11.1. The Balaban J connectivity index is 2.33. The summed E-state index contributed by atoms with van der Waals surface area (Å²) in [5, 5.41) is 2.91. The number of carbonyl (C=O) groups is 3. The van der Waals surface area contributed by atoms with Gasteiger partial charge in [-0.3, -0.25) is 14.4 Å². The summed E-state index contributed by atoms with van der Waals surface area (Å²) in [4.78, 5) is 38.7.